The van der Waals surface area contributed by atoms with E-state index in [4.69, 9.17) is 5.73 Å². The Balaban J connectivity index is 2.41. The zero-order chi connectivity index (χ0) is 14.5. The lowest BCUT2D eigenvalue weighted by Gasteiger charge is -2.08. The normalized spacial score (nSPS) is 12.2. The molecule has 0 radical (unpaired) electrons. The average molecular weight is 297 g/mol. The van der Waals surface area contributed by atoms with Crippen LogP contribution in [-0.2, 0) is 6.18 Å². The fourth-order valence-electron chi connectivity index (χ4n) is 1.89. The van der Waals surface area contributed by atoms with Gasteiger partial charge in [-0.05, 0) is 12.1 Å². The molecule has 20 heavy (non-hydrogen) atoms. The summed E-state index contributed by atoms with van der Waals surface area (Å²) in [7, 11) is 0. The summed E-state index contributed by atoms with van der Waals surface area (Å²) in [6.07, 6.45) is -3.21. The molecule has 0 fully saturated rings. The van der Waals surface area contributed by atoms with Gasteiger partial charge in [0.25, 0.3) is 5.56 Å². The summed E-state index contributed by atoms with van der Waals surface area (Å²) in [4.78, 5) is 19.2. The van der Waals surface area contributed by atoms with Crippen LogP contribution in [0.15, 0.2) is 29.2 Å². The number of nitrogens with two attached hydrogens (primary N) is 1. The van der Waals surface area contributed by atoms with Crippen LogP contribution in [0.3, 0.4) is 0 Å². The fourth-order valence-corrected chi connectivity index (χ4v) is 2.76. The van der Waals surface area contributed by atoms with E-state index in [1.165, 1.54) is 12.3 Å². The Bertz CT molecular complexity index is 889. The standard InChI is InChI=1S/C12H6F3N3OS/c13-12(14,15)5-1-2-6-8(3-5)17-4-7-9(6)20-11(16)18-10(7)19/h1-4H,(H2,16,18,19). The predicted octanol–water partition coefficient (Wildman–Crippen LogP) is 2.81. The van der Waals surface area contributed by atoms with Gasteiger partial charge in [0.05, 0.1) is 21.2 Å². The third kappa shape index (κ3) is 1.97. The smallest absolute Gasteiger partial charge is 0.375 e. The molecule has 0 bridgehead atoms. The Hall–Kier alpha value is -2.22. The zero-order valence-corrected chi connectivity index (χ0v) is 10.5. The first-order valence-electron chi connectivity index (χ1n) is 5.42. The summed E-state index contributed by atoms with van der Waals surface area (Å²) >= 11 is 1.04. The van der Waals surface area contributed by atoms with E-state index in [-0.39, 0.29) is 16.0 Å². The van der Waals surface area contributed by atoms with Crippen LogP contribution in [0.1, 0.15) is 5.56 Å². The molecule has 2 aromatic heterocycles. The van der Waals surface area contributed by atoms with E-state index in [0.717, 1.165) is 23.5 Å². The number of benzene rings is 1. The van der Waals surface area contributed by atoms with Crippen LogP contribution in [0, 0.1) is 0 Å². The number of pyridine rings is 1. The van der Waals surface area contributed by atoms with E-state index in [2.05, 4.69) is 9.97 Å². The monoisotopic (exact) mass is 297 g/mol. The Labute approximate surface area is 113 Å². The number of hydrogen-bond donors (Lipinski definition) is 1. The number of rotatable bonds is 0. The van der Waals surface area contributed by atoms with Crippen molar-refractivity contribution in [1.29, 1.82) is 0 Å². The number of hydrogen-bond acceptors (Lipinski definition) is 5. The van der Waals surface area contributed by atoms with Crippen LogP contribution in [-0.4, -0.2) is 9.97 Å². The lowest BCUT2D eigenvalue weighted by atomic mass is 10.1. The summed E-state index contributed by atoms with van der Waals surface area (Å²) in [6.45, 7) is 0. The minimum Gasteiger partial charge on any atom is -0.375 e. The highest BCUT2D eigenvalue weighted by molar-refractivity contribution is 7.22. The molecule has 2 heterocycles. The van der Waals surface area contributed by atoms with Gasteiger partial charge in [-0.3, -0.25) is 9.78 Å². The number of aromatic nitrogens is 2. The van der Waals surface area contributed by atoms with Gasteiger partial charge in [-0.1, -0.05) is 17.4 Å². The summed E-state index contributed by atoms with van der Waals surface area (Å²) in [5.41, 5.74) is 4.36. The maximum Gasteiger partial charge on any atom is 0.416 e. The number of nitrogens with zero attached hydrogens (tertiary/aromatic N) is 2. The van der Waals surface area contributed by atoms with Crippen LogP contribution in [0.2, 0.25) is 0 Å². The second-order valence-electron chi connectivity index (χ2n) is 4.09. The molecule has 3 rings (SSSR count). The summed E-state index contributed by atoms with van der Waals surface area (Å²) in [5.74, 6) is 0. The molecule has 0 saturated carbocycles. The SMILES string of the molecule is Nc1nc(=O)c2cnc3cc(C(F)(F)F)ccc3c2s1. The number of fused-ring (bicyclic) bond motifs is 3. The summed E-state index contributed by atoms with van der Waals surface area (Å²) < 4.78 is 38.4. The largest absolute Gasteiger partial charge is 0.416 e. The van der Waals surface area contributed by atoms with Gasteiger partial charge < -0.3 is 5.73 Å². The molecule has 1 aromatic carbocycles. The van der Waals surface area contributed by atoms with Gasteiger partial charge in [-0.15, -0.1) is 0 Å². The van der Waals surface area contributed by atoms with Crippen LogP contribution >= 0.6 is 11.3 Å². The van der Waals surface area contributed by atoms with Gasteiger partial charge in [0.2, 0.25) is 0 Å². The van der Waals surface area contributed by atoms with Crippen molar-refractivity contribution in [3.8, 4) is 0 Å². The van der Waals surface area contributed by atoms with Gasteiger partial charge in [0, 0.05) is 11.6 Å². The molecule has 2 N–H and O–H groups in total. The highest BCUT2D eigenvalue weighted by Crippen LogP contribution is 2.33. The maximum absolute atomic E-state index is 12.7. The van der Waals surface area contributed by atoms with Crippen molar-refractivity contribution < 1.29 is 13.2 Å². The predicted molar refractivity (Wildman–Crippen MR) is 70.6 cm³/mol. The van der Waals surface area contributed by atoms with Crippen LogP contribution in [0.5, 0.6) is 0 Å². The zero-order valence-electron chi connectivity index (χ0n) is 9.73. The minimum absolute atomic E-state index is 0.0647. The second kappa shape index (κ2) is 4.14. The highest BCUT2D eigenvalue weighted by Gasteiger charge is 2.30. The highest BCUT2D eigenvalue weighted by atomic mass is 32.1. The van der Waals surface area contributed by atoms with Crippen LogP contribution < -0.4 is 11.3 Å². The van der Waals surface area contributed by atoms with E-state index >= 15 is 0 Å². The van der Waals surface area contributed by atoms with Crippen LogP contribution in [0.4, 0.5) is 18.3 Å². The van der Waals surface area contributed by atoms with Crippen molar-refractivity contribution in [1.82, 2.24) is 9.97 Å². The van der Waals surface area contributed by atoms with Crippen LogP contribution in [0.25, 0.3) is 21.0 Å². The molecule has 0 atom stereocenters. The van der Waals surface area contributed by atoms with E-state index in [9.17, 15) is 18.0 Å². The Kier molecular flexibility index (Phi) is 2.65. The number of nitrogen functional groups attached to an aromatic ring is 1. The fraction of sp³-hybridized carbons (Fsp3) is 0.0833. The van der Waals surface area contributed by atoms with Gasteiger partial charge in [-0.25, -0.2) is 0 Å². The molecule has 0 unspecified atom stereocenters. The Morgan fingerprint density at radius 2 is 1.95 bits per heavy atom. The van der Waals surface area contributed by atoms with Crippen molar-refractivity contribution in [2.24, 2.45) is 0 Å². The molecular weight excluding hydrogens is 291 g/mol. The topological polar surface area (TPSA) is 68.9 Å². The molecule has 0 aliphatic rings. The van der Waals surface area contributed by atoms with E-state index in [0.29, 0.717) is 10.1 Å². The van der Waals surface area contributed by atoms with Gasteiger partial charge in [-0.2, -0.15) is 18.2 Å². The quantitative estimate of drug-likeness (QED) is 0.648. The summed E-state index contributed by atoms with van der Waals surface area (Å²) in [6, 6.07) is 3.20. The second-order valence-corrected chi connectivity index (χ2v) is 5.12. The lowest BCUT2D eigenvalue weighted by molar-refractivity contribution is -0.137. The van der Waals surface area contributed by atoms with E-state index < -0.39 is 17.3 Å². The molecule has 8 heteroatoms. The van der Waals surface area contributed by atoms with E-state index in [1.807, 2.05) is 0 Å². The minimum atomic E-state index is -4.44. The molecule has 102 valence electrons. The first kappa shape index (κ1) is 12.8. The maximum atomic E-state index is 12.7. The molecule has 0 aliphatic carbocycles. The van der Waals surface area contributed by atoms with Crippen molar-refractivity contribution in [2.75, 3.05) is 5.73 Å². The van der Waals surface area contributed by atoms with Gasteiger partial charge in [0.15, 0.2) is 5.13 Å². The lowest BCUT2D eigenvalue weighted by Crippen LogP contribution is -2.08. The third-order valence-electron chi connectivity index (χ3n) is 2.80. The molecule has 0 amide bonds. The van der Waals surface area contributed by atoms with Crippen molar-refractivity contribution >= 4 is 37.5 Å². The molecular formula is C12H6F3N3OS. The van der Waals surface area contributed by atoms with Gasteiger partial charge in [0.1, 0.15) is 0 Å². The van der Waals surface area contributed by atoms with Crippen molar-refractivity contribution in [3.05, 3.63) is 40.3 Å². The Morgan fingerprint density at radius 3 is 2.65 bits per heavy atom. The molecule has 4 nitrogen and oxygen atoms in total. The number of halogens is 3. The number of anilines is 1. The van der Waals surface area contributed by atoms with Gasteiger partial charge >= 0.3 is 6.18 Å². The van der Waals surface area contributed by atoms with Crippen molar-refractivity contribution in [3.63, 3.8) is 0 Å². The molecule has 0 saturated heterocycles. The van der Waals surface area contributed by atoms with E-state index in [1.54, 1.807) is 0 Å². The summed E-state index contributed by atoms with van der Waals surface area (Å²) in [5, 5.41) is 0.762. The first-order chi connectivity index (χ1) is 9.36. The molecule has 0 aliphatic heterocycles. The van der Waals surface area contributed by atoms with Crippen molar-refractivity contribution in [2.45, 2.75) is 6.18 Å². The first-order valence-corrected chi connectivity index (χ1v) is 6.24. The molecule has 3 aromatic rings. The number of alkyl halides is 3. The third-order valence-corrected chi connectivity index (χ3v) is 3.74. The molecule has 0 spiro atoms. The Morgan fingerprint density at radius 1 is 1.20 bits per heavy atom. The average Bonchev–Trinajstić information content (AvgIpc) is 2.36.